The van der Waals surface area contributed by atoms with Gasteiger partial charge in [-0.05, 0) is 46.3 Å². The van der Waals surface area contributed by atoms with Crippen LogP contribution < -0.4 is 15.2 Å². The Morgan fingerprint density at radius 2 is 1.95 bits per heavy atom. The number of rotatable bonds is 4. The first-order valence-corrected chi connectivity index (χ1v) is 6.52. The van der Waals surface area contributed by atoms with E-state index in [0.29, 0.717) is 17.3 Å². The maximum Gasteiger partial charge on any atom is 0.573 e. The molecule has 0 bridgehead atoms. The normalized spacial score (nSPS) is 11.2. The van der Waals surface area contributed by atoms with E-state index in [1.807, 2.05) is 0 Å². The van der Waals surface area contributed by atoms with E-state index >= 15 is 0 Å². The van der Waals surface area contributed by atoms with Crippen LogP contribution in [0.3, 0.4) is 0 Å². The number of aromatic nitrogens is 1. The smallest absolute Gasteiger partial charge is 0.487 e. The number of halogens is 4. The van der Waals surface area contributed by atoms with Gasteiger partial charge in [-0.15, -0.1) is 13.2 Å². The molecule has 0 amide bonds. The topological polar surface area (TPSA) is 57.4 Å². The first-order chi connectivity index (χ1) is 9.83. The number of hydrogen-bond donors (Lipinski definition) is 1. The zero-order valence-electron chi connectivity index (χ0n) is 10.5. The molecule has 4 nitrogen and oxygen atoms in total. The maximum atomic E-state index is 12.1. The lowest BCUT2D eigenvalue weighted by molar-refractivity contribution is -0.274. The van der Waals surface area contributed by atoms with E-state index in [-0.39, 0.29) is 16.8 Å². The van der Waals surface area contributed by atoms with Gasteiger partial charge in [-0.2, -0.15) is 0 Å². The third-order valence-electron chi connectivity index (χ3n) is 2.34. The summed E-state index contributed by atoms with van der Waals surface area (Å²) in [5.41, 5.74) is 6.15. The predicted molar refractivity (Wildman–Crippen MR) is 73.8 cm³/mol. The number of ether oxygens (including phenoxy) is 2. The molecule has 0 aliphatic rings. The fourth-order valence-corrected chi connectivity index (χ4v) is 1.95. The summed E-state index contributed by atoms with van der Waals surface area (Å²) < 4.78 is 45.8. The number of alkyl halides is 3. The Hall–Kier alpha value is -1.96. The summed E-state index contributed by atoms with van der Waals surface area (Å²) in [4.78, 5) is 4.04. The monoisotopic (exact) mass is 362 g/mol. The molecule has 0 spiro atoms. The van der Waals surface area contributed by atoms with Gasteiger partial charge in [0.05, 0.1) is 10.2 Å². The summed E-state index contributed by atoms with van der Waals surface area (Å²) in [6.07, 6.45) is -4.74. The van der Waals surface area contributed by atoms with Crippen LogP contribution in [-0.2, 0) is 6.61 Å². The number of pyridine rings is 1. The molecule has 0 saturated carbocycles. The van der Waals surface area contributed by atoms with Crippen LogP contribution in [0.15, 0.2) is 40.9 Å². The summed E-state index contributed by atoms with van der Waals surface area (Å²) in [6, 6.07) is 9.03. The Labute approximate surface area is 126 Å². The van der Waals surface area contributed by atoms with Crippen molar-refractivity contribution < 1.29 is 22.6 Å². The number of anilines is 1. The lowest BCUT2D eigenvalue weighted by Gasteiger charge is -2.12. The Morgan fingerprint density at radius 3 is 2.57 bits per heavy atom. The minimum Gasteiger partial charge on any atom is -0.487 e. The lowest BCUT2D eigenvalue weighted by atomic mass is 10.3. The standard InChI is InChI=1S/C13H10BrF3N2O2/c14-10-6-9(4-5-11(10)21-13(15,16)17)20-7-8-2-1-3-12(18)19-8/h1-6H,7H2,(H2,18,19). The molecule has 0 radical (unpaired) electrons. The Bertz CT molecular complexity index is 635. The molecule has 1 heterocycles. The van der Waals surface area contributed by atoms with Crippen molar-refractivity contribution in [3.8, 4) is 11.5 Å². The Kier molecular flexibility index (Phi) is 4.56. The van der Waals surface area contributed by atoms with E-state index in [1.165, 1.54) is 18.2 Å². The first kappa shape index (κ1) is 15.4. The van der Waals surface area contributed by atoms with E-state index in [0.717, 1.165) is 0 Å². The second-order valence-corrected chi connectivity index (χ2v) is 4.84. The van der Waals surface area contributed by atoms with Gasteiger partial charge < -0.3 is 15.2 Å². The molecule has 0 saturated heterocycles. The summed E-state index contributed by atoms with van der Waals surface area (Å²) in [5, 5.41) is 0. The molecule has 1 aromatic heterocycles. The van der Waals surface area contributed by atoms with Crippen molar-refractivity contribution in [2.24, 2.45) is 0 Å². The molecule has 0 fully saturated rings. The molecule has 1 aromatic carbocycles. The van der Waals surface area contributed by atoms with E-state index in [2.05, 4.69) is 25.7 Å². The molecular weight excluding hydrogens is 353 g/mol. The average Bonchev–Trinajstić information content (AvgIpc) is 2.38. The van der Waals surface area contributed by atoms with Crippen molar-refractivity contribution in [2.45, 2.75) is 13.0 Å². The van der Waals surface area contributed by atoms with Gasteiger partial charge in [-0.3, -0.25) is 0 Å². The molecule has 8 heteroatoms. The molecule has 21 heavy (non-hydrogen) atoms. The number of nitrogen functional groups attached to an aromatic ring is 1. The van der Waals surface area contributed by atoms with Gasteiger partial charge in [0.25, 0.3) is 0 Å². The molecule has 2 N–H and O–H groups in total. The second-order valence-electron chi connectivity index (χ2n) is 3.98. The van der Waals surface area contributed by atoms with E-state index in [4.69, 9.17) is 10.5 Å². The molecule has 0 unspecified atom stereocenters. The number of nitrogens with two attached hydrogens (primary N) is 1. The zero-order chi connectivity index (χ0) is 15.5. The van der Waals surface area contributed by atoms with Crippen molar-refractivity contribution in [1.29, 1.82) is 0 Å². The fraction of sp³-hybridized carbons (Fsp3) is 0.154. The number of benzene rings is 1. The van der Waals surface area contributed by atoms with Crippen LogP contribution in [0.5, 0.6) is 11.5 Å². The number of nitrogens with zero attached hydrogens (tertiary/aromatic N) is 1. The van der Waals surface area contributed by atoms with Gasteiger partial charge >= 0.3 is 6.36 Å². The molecule has 0 atom stereocenters. The molecule has 0 aliphatic heterocycles. The van der Waals surface area contributed by atoms with Crippen molar-refractivity contribution in [3.63, 3.8) is 0 Å². The largest absolute Gasteiger partial charge is 0.573 e. The van der Waals surface area contributed by atoms with Gasteiger partial charge in [0.2, 0.25) is 0 Å². The highest BCUT2D eigenvalue weighted by Crippen LogP contribution is 2.33. The highest BCUT2D eigenvalue weighted by Gasteiger charge is 2.31. The van der Waals surface area contributed by atoms with Crippen LogP contribution in [0.4, 0.5) is 19.0 Å². The van der Waals surface area contributed by atoms with Crippen molar-refractivity contribution in [2.75, 3.05) is 5.73 Å². The SMILES string of the molecule is Nc1cccc(COc2ccc(OC(F)(F)F)c(Br)c2)n1. The molecule has 112 valence electrons. The maximum absolute atomic E-state index is 12.1. The average molecular weight is 363 g/mol. The van der Waals surface area contributed by atoms with Crippen LogP contribution in [0, 0.1) is 0 Å². The van der Waals surface area contributed by atoms with Gasteiger partial charge in [-0.1, -0.05) is 6.07 Å². The van der Waals surface area contributed by atoms with E-state index < -0.39 is 6.36 Å². The second kappa shape index (κ2) is 6.21. The summed E-state index contributed by atoms with van der Waals surface area (Å²) in [6.45, 7) is 0.150. The highest BCUT2D eigenvalue weighted by atomic mass is 79.9. The zero-order valence-corrected chi connectivity index (χ0v) is 12.1. The number of hydrogen-bond acceptors (Lipinski definition) is 4. The summed E-state index contributed by atoms with van der Waals surface area (Å²) in [7, 11) is 0. The van der Waals surface area contributed by atoms with Gasteiger partial charge in [0.15, 0.2) is 0 Å². The van der Waals surface area contributed by atoms with Gasteiger partial charge in [0, 0.05) is 0 Å². The quantitative estimate of drug-likeness (QED) is 0.895. The van der Waals surface area contributed by atoms with E-state index in [9.17, 15) is 13.2 Å². The van der Waals surface area contributed by atoms with E-state index in [1.54, 1.807) is 18.2 Å². The third-order valence-corrected chi connectivity index (χ3v) is 2.96. The minimum atomic E-state index is -4.74. The third kappa shape index (κ3) is 4.82. The minimum absolute atomic E-state index is 0.137. The molecule has 0 aliphatic carbocycles. The van der Waals surface area contributed by atoms with Crippen LogP contribution in [0.25, 0.3) is 0 Å². The van der Waals surface area contributed by atoms with Crippen molar-refractivity contribution in [1.82, 2.24) is 4.98 Å². The predicted octanol–water partition coefficient (Wildman–Crippen LogP) is 3.90. The molecule has 2 aromatic rings. The van der Waals surface area contributed by atoms with Crippen LogP contribution in [0.2, 0.25) is 0 Å². The highest BCUT2D eigenvalue weighted by molar-refractivity contribution is 9.10. The first-order valence-electron chi connectivity index (χ1n) is 5.73. The summed E-state index contributed by atoms with van der Waals surface area (Å²) in [5.74, 6) is 0.406. The van der Waals surface area contributed by atoms with Gasteiger partial charge in [-0.25, -0.2) is 4.98 Å². The van der Waals surface area contributed by atoms with Crippen LogP contribution >= 0.6 is 15.9 Å². The summed E-state index contributed by atoms with van der Waals surface area (Å²) >= 11 is 3.00. The molecular formula is C13H10BrF3N2O2. The fourth-order valence-electron chi connectivity index (χ4n) is 1.51. The van der Waals surface area contributed by atoms with Crippen molar-refractivity contribution in [3.05, 3.63) is 46.6 Å². The Balaban J connectivity index is 2.03. The molecule has 2 rings (SSSR count). The van der Waals surface area contributed by atoms with Crippen LogP contribution in [-0.4, -0.2) is 11.3 Å². The van der Waals surface area contributed by atoms with Gasteiger partial charge in [0.1, 0.15) is 23.9 Å². The van der Waals surface area contributed by atoms with Crippen molar-refractivity contribution >= 4 is 21.7 Å². The Morgan fingerprint density at radius 1 is 1.19 bits per heavy atom. The lowest BCUT2D eigenvalue weighted by Crippen LogP contribution is -2.17. The van der Waals surface area contributed by atoms with Crippen LogP contribution in [0.1, 0.15) is 5.69 Å².